The Bertz CT molecular complexity index is 1050. The third-order valence-electron chi connectivity index (χ3n) is 4.50. The summed E-state index contributed by atoms with van der Waals surface area (Å²) in [7, 11) is 1.76. The molecule has 3 aromatic rings. The smallest absolute Gasteiger partial charge is 0.317 e. The summed E-state index contributed by atoms with van der Waals surface area (Å²) in [5.41, 5.74) is 3.50. The zero-order chi connectivity index (χ0) is 21.0. The molecule has 6 nitrogen and oxygen atoms in total. The van der Waals surface area contributed by atoms with Crippen LogP contribution >= 0.6 is 0 Å². The lowest BCUT2D eigenvalue weighted by atomic mass is 10.1. The van der Waals surface area contributed by atoms with Crippen molar-refractivity contribution in [3.05, 3.63) is 83.2 Å². The summed E-state index contributed by atoms with van der Waals surface area (Å²) in [6, 6.07) is 17.4. The number of hydrogen-bond donors (Lipinski definition) is 1. The third kappa shape index (κ3) is 4.99. The monoisotopic (exact) mass is 390 g/mol. The summed E-state index contributed by atoms with van der Waals surface area (Å²) >= 11 is 0. The number of anilines is 1. The van der Waals surface area contributed by atoms with E-state index >= 15 is 0 Å². The van der Waals surface area contributed by atoms with Crippen LogP contribution in [-0.4, -0.2) is 22.2 Å². The van der Waals surface area contributed by atoms with E-state index in [1.165, 1.54) is 6.92 Å². The fraction of sp³-hybridized carbons (Fsp3) is 0.174. The van der Waals surface area contributed by atoms with E-state index in [0.29, 0.717) is 28.4 Å². The molecule has 0 saturated heterocycles. The highest BCUT2D eigenvalue weighted by molar-refractivity contribution is 6.08. The molecule has 0 unspecified atom stereocenters. The van der Waals surface area contributed by atoms with Gasteiger partial charge in [0, 0.05) is 30.9 Å². The van der Waals surface area contributed by atoms with Gasteiger partial charge in [-0.25, -0.2) is 0 Å². The molecule has 6 heteroatoms. The number of aryl methyl sites for hydroxylation is 1. The molecular weight excluding hydrogens is 368 g/mol. The summed E-state index contributed by atoms with van der Waals surface area (Å²) in [6.45, 7) is 3.39. The number of hydrogen-bond acceptors (Lipinski definition) is 4. The normalized spacial score (nSPS) is 10.4. The summed E-state index contributed by atoms with van der Waals surface area (Å²) in [4.78, 5) is 36.0. The number of nitrogens with one attached hydrogen (secondary N) is 1. The molecule has 1 aromatic heterocycles. The van der Waals surface area contributed by atoms with Crippen molar-refractivity contribution < 1.29 is 19.1 Å². The van der Waals surface area contributed by atoms with Gasteiger partial charge in [0.1, 0.15) is 5.75 Å². The zero-order valence-corrected chi connectivity index (χ0v) is 16.6. The largest absolute Gasteiger partial charge is 0.426 e. The second kappa shape index (κ2) is 8.56. The van der Waals surface area contributed by atoms with E-state index in [-0.39, 0.29) is 18.1 Å². The molecule has 0 aliphatic heterocycles. The van der Waals surface area contributed by atoms with Gasteiger partial charge >= 0.3 is 5.97 Å². The van der Waals surface area contributed by atoms with Crippen molar-refractivity contribution in [1.29, 1.82) is 0 Å². The Kier molecular flexibility index (Phi) is 5.93. The molecule has 3 rings (SSSR count). The Morgan fingerprint density at radius 3 is 2.21 bits per heavy atom. The zero-order valence-electron chi connectivity index (χ0n) is 16.6. The number of carbonyl (C=O) groups excluding carboxylic acids is 3. The molecule has 148 valence electrons. The van der Waals surface area contributed by atoms with E-state index in [0.717, 1.165) is 5.56 Å². The SMILES string of the molecule is CC(=O)Nc1ccc(OC(=O)Cc2ccc(C(=O)c3ccc(C)cc3)n2C)cc1. The molecule has 0 aliphatic rings. The highest BCUT2D eigenvalue weighted by Gasteiger charge is 2.17. The maximum absolute atomic E-state index is 12.7. The van der Waals surface area contributed by atoms with Crippen LogP contribution in [-0.2, 0) is 23.1 Å². The first kappa shape index (κ1) is 20.1. The van der Waals surface area contributed by atoms with Crippen LogP contribution in [0.15, 0.2) is 60.7 Å². The second-order valence-electron chi connectivity index (χ2n) is 6.82. The van der Waals surface area contributed by atoms with Crippen LogP contribution in [0.2, 0.25) is 0 Å². The fourth-order valence-corrected chi connectivity index (χ4v) is 2.94. The topological polar surface area (TPSA) is 77.4 Å². The van der Waals surface area contributed by atoms with Gasteiger partial charge < -0.3 is 14.6 Å². The van der Waals surface area contributed by atoms with Crippen molar-refractivity contribution in [3.8, 4) is 5.75 Å². The van der Waals surface area contributed by atoms with Crippen LogP contribution in [0.4, 0.5) is 5.69 Å². The number of ether oxygens (including phenoxy) is 1. The maximum atomic E-state index is 12.7. The van der Waals surface area contributed by atoms with Gasteiger partial charge in [-0.1, -0.05) is 29.8 Å². The van der Waals surface area contributed by atoms with Crippen LogP contribution < -0.4 is 10.1 Å². The summed E-state index contributed by atoms with van der Waals surface area (Å²) in [6.07, 6.45) is 0.0329. The molecule has 0 spiro atoms. The van der Waals surface area contributed by atoms with Crippen molar-refractivity contribution in [1.82, 2.24) is 4.57 Å². The second-order valence-corrected chi connectivity index (χ2v) is 6.82. The number of benzene rings is 2. The maximum Gasteiger partial charge on any atom is 0.317 e. The van der Waals surface area contributed by atoms with Crippen LogP contribution in [0.1, 0.15) is 34.2 Å². The standard InChI is InChI=1S/C23H22N2O4/c1-15-4-6-17(7-5-15)23(28)21-13-10-19(25(21)3)14-22(27)29-20-11-8-18(9-12-20)24-16(2)26/h4-13H,14H2,1-3H3,(H,24,26). The molecule has 1 N–H and O–H groups in total. The van der Waals surface area contributed by atoms with E-state index in [4.69, 9.17) is 4.74 Å². The molecule has 2 aromatic carbocycles. The van der Waals surface area contributed by atoms with E-state index in [1.54, 1.807) is 60.1 Å². The van der Waals surface area contributed by atoms with Crippen molar-refractivity contribution in [2.24, 2.45) is 7.05 Å². The Morgan fingerprint density at radius 2 is 1.59 bits per heavy atom. The van der Waals surface area contributed by atoms with E-state index in [9.17, 15) is 14.4 Å². The van der Waals surface area contributed by atoms with Crippen molar-refractivity contribution in [2.75, 3.05) is 5.32 Å². The average molecular weight is 390 g/mol. The number of rotatable bonds is 6. The molecule has 1 amide bonds. The van der Waals surface area contributed by atoms with Crippen LogP contribution in [0, 0.1) is 6.92 Å². The first-order chi connectivity index (χ1) is 13.8. The summed E-state index contributed by atoms with van der Waals surface area (Å²) < 4.78 is 7.06. The molecule has 0 bridgehead atoms. The Morgan fingerprint density at radius 1 is 0.931 bits per heavy atom. The molecule has 0 radical (unpaired) electrons. The highest BCUT2D eigenvalue weighted by atomic mass is 16.5. The van der Waals surface area contributed by atoms with Gasteiger partial charge in [0.25, 0.3) is 0 Å². The van der Waals surface area contributed by atoms with Crippen LogP contribution in [0.5, 0.6) is 5.75 Å². The first-order valence-electron chi connectivity index (χ1n) is 9.18. The number of nitrogens with zero attached hydrogens (tertiary/aromatic N) is 1. The van der Waals surface area contributed by atoms with E-state index in [1.807, 2.05) is 19.1 Å². The van der Waals surface area contributed by atoms with Gasteiger partial charge in [-0.05, 0) is 43.3 Å². The van der Waals surface area contributed by atoms with E-state index < -0.39 is 5.97 Å². The van der Waals surface area contributed by atoms with Gasteiger partial charge in [-0.15, -0.1) is 0 Å². The van der Waals surface area contributed by atoms with Gasteiger partial charge in [0.15, 0.2) is 0 Å². The third-order valence-corrected chi connectivity index (χ3v) is 4.50. The number of esters is 1. The van der Waals surface area contributed by atoms with E-state index in [2.05, 4.69) is 5.32 Å². The summed E-state index contributed by atoms with van der Waals surface area (Å²) in [5, 5.41) is 2.65. The Hall–Kier alpha value is -3.67. The minimum atomic E-state index is -0.437. The van der Waals surface area contributed by atoms with Gasteiger partial charge in [-0.2, -0.15) is 0 Å². The molecular formula is C23H22N2O4. The van der Waals surface area contributed by atoms with Gasteiger partial charge in [0.05, 0.1) is 12.1 Å². The molecule has 1 heterocycles. The number of ketones is 1. The quantitative estimate of drug-likeness (QED) is 0.396. The summed E-state index contributed by atoms with van der Waals surface area (Å²) in [5.74, 6) is -0.322. The fourth-order valence-electron chi connectivity index (χ4n) is 2.94. The first-order valence-corrected chi connectivity index (χ1v) is 9.18. The Labute approximate surface area is 169 Å². The predicted octanol–water partition coefficient (Wildman–Crippen LogP) is 3.67. The van der Waals surface area contributed by atoms with Gasteiger partial charge in [-0.3, -0.25) is 14.4 Å². The van der Waals surface area contributed by atoms with Crippen molar-refractivity contribution in [3.63, 3.8) is 0 Å². The van der Waals surface area contributed by atoms with Crippen molar-refractivity contribution in [2.45, 2.75) is 20.3 Å². The average Bonchev–Trinajstić information content (AvgIpc) is 3.03. The van der Waals surface area contributed by atoms with Gasteiger partial charge in [0.2, 0.25) is 11.7 Å². The predicted molar refractivity (Wildman–Crippen MR) is 110 cm³/mol. The van der Waals surface area contributed by atoms with Crippen molar-refractivity contribution >= 4 is 23.3 Å². The molecule has 0 saturated carbocycles. The lowest BCUT2D eigenvalue weighted by Gasteiger charge is -2.09. The van der Waals surface area contributed by atoms with Crippen LogP contribution in [0.3, 0.4) is 0 Å². The molecule has 29 heavy (non-hydrogen) atoms. The number of amides is 1. The minimum Gasteiger partial charge on any atom is -0.426 e. The Balaban J connectivity index is 1.66. The number of carbonyl (C=O) groups is 3. The highest BCUT2D eigenvalue weighted by Crippen LogP contribution is 2.18. The molecule has 0 aliphatic carbocycles. The van der Waals surface area contributed by atoms with Crippen LogP contribution in [0.25, 0.3) is 0 Å². The minimum absolute atomic E-state index is 0.0329. The molecule has 0 atom stereocenters. The number of aromatic nitrogens is 1. The molecule has 0 fully saturated rings. The lowest BCUT2D eigenvalue weighted by Crippen LogP contribution is -2.15. The lowest BCUT2D eigenvalue weighted by molar-refractivity contribution is -0.133.